The Hall–Kier alpha value is -0.650. The van der Waals surface area contributed by atoms with Crippen molar-refractivity contribution in [1.29, 1.82) is 0 Å². The summed E-state index contributed by atoms with van der Waals surface area (Å²) >= 11 is 0. The lowest BCUT2D eigenvalue weighted by atomic mass is 9.30. The van der Waals surface area contributed by atoms with Crippen LogP contribution in [0.4, 0.5) is 0 Å². The molecule has 0 amide bonds. The van der Waals surface area contributed by atoms with Crippen LogP contribution < -0.4 is 0 Å². The zero-order valence-corrected chi connectivity index (χ0v) is 22.9. The Labute approximate surface area is 212 Å². The van der Waals surface area contributed by atoms with E-state index in [1.807, 2.05) is 0 Å². The van der Waals surface area contributed by atoms with Gasteiger partial charge in [-0.1, -0.05) is 41.5 Å². The summed E-state index contributed by atoms with van der Waals surface area (Å²) in [5, 5.41) is 43.8. The van der Waals surface area contributed by atoms with E-state index < -0.39 is 23.6 Å². The molecule has 0 aromatic rings. The summed E-state index contributed by atoms with van der Waals surface area (Å²) in [6, 6.07) is 0. The molecular weight excluding hydrogens is 440 g/mol. The number of aliphatic hydroxyl groups excluding tert-OH is 3. The Bertz CT molecular complexity index is 871. The Morgan fingerprint density at radius 3 is 2.20 bits per heavy atom. The molecule has 0 unspecified atom stereocenters. The Morgan fingerprint density at radius 2 is 1.57 bits per heavy atom. The maximum absolute atomic E-state index is 12.9. The lowest BCUT2D eigenvalue weighted by molar-refractivity contribution is -0.281. The standard InChI is InChI=1S/C30H50O5/c1-17-9-12-29(25(34)35)13-14-30(16-31)19(23(29)18(17)2)7-8-22-27(5)15-20(32)24(33)26(3,4)21(27)10-11-28(22,30)6/h17-24,31-33H,7-16H2,1-6H3,(H,34,35)/t17-,18+,19-,20-,21+,22-,23+,24+,27+,28-,29+,30+/m1/s1. The molecule has 0 spiro atoms. The Kier molecular flexibility index (Phi) is 5.88. The first-order chi connectivity index (χ1) is 16.2. The Morgan fingerprint density at radius 1 is 0.886 bits per heavy atom. The first kappa shape index (κ1) is 26.0. The molecule has 5 saturated carbocycles. The van der Waals surface area contributed by atoms with Gasteiger partial charge >= 0.3 is 5.97 Å². The zero-order valence-electron chi connectivity index (χ0n) is 22.9. The van der Waals surface area contributed by atoms with E-state index in [0.29, 0.717) is 36.5 Å². The van der Waals surface area contributed by atoms with Gasteiger partial charge in [0, 0.05) is 12.0 Å². The Balaban J connectivity index is 1.60. The molecule has 35 heavy (non-hydrogen) atoms. The molecule has 0 aliphatic heterocycles. The van der Waals surface area contributed by atoms with Crippen LogP contribution in [0.15, 0.2) is 0 Å². The van der Waals surface area contributed by atoms with Gasteiger partial charge in [0.2, 0.25) is 0 Å². The van der Waals surface area contributed by atoms with Gasteiger partial charge in [-0.25, -0.2) is 0 Å². The van der Waals surface area contributed by atoms with Crippen LogP contribution in [0.1, 0.15) is 99.3 Å². The second-order valence-corrected chi connectivity index (χ2v) is 15.0. The van der Waals surface area contributed by atoms with Crippen LogP contribution in [0, 0.1) is 62.6 Å². The first-order valence-corrected chi connectivity index (χ1v) is 14.4. The predicted molar refractivity (Wildman–Crippen MR) is 135 cm³/mol. The maximum atomic E-state index is 12.9. The molecule has 0 aromatic heterocycles. The van der Waals surface area contributed by atoms with Crippen molar-refractivity contribution in [2.24, 2.45) is 62.6 Å². The van der Waals surface area contributed by atoms with Crippen LogP contribution >= 0.6 is 0 Å². The van der Waals surface area contributed by atoms with Gasteiger partial charge in [0.1, 0.15) is 0 Å². The number of carboxylic acids is 1. The topological polar surface area (TPSA) is 98.0 Å². The van der Waals surface area contributed by atoms with E-state index in [9.17, 15) is 25.2 Å². The maximum Gasteiger partial charge on any atom is 0.309 e. The van der Waals surface area contributed by atoms with Gasteiger partial charge in [0.25, 0.3) is 0 Å². The number of rotatable bonds is 2. The third-order valence-corrected chi connectivity index (χ3v) is 13.9. The van der Waals surface area contributed by atoms with Gasteiger partial charge in [-0.15, -0.1) is 0 Å². The fourth-order valence-corrected chi connectivity index (χ4v) is 12.0. The molecular formula is C30H50O5. The van der Waals surface area contributed by atoms with Crippen LogP contribution in [-0.4, -0.2) is 45.2 Å². The monoisotopic (exact) mass is 490 g/mol. The van der Waals surface area contributed by atoms with Gasteiger partial charge in [0.15, 0.2) is 0 Å². The summed E-state index contributed by atoms with van der Waals surface area (Å²) in [5.74, 6) is 1.26. The molecule has 4 N–H and O–H groups in total. The number of hydrogen-bond donors (Lipinski definition) is 4. The highest BCUT2D eigenvalue weighted by molar-refractivity contribution is 5.75. The summed E-state index contributed by atoms with van der Waals surface area (Å²) in [5.41, 5.74) is -1.47. The number of hydrogen-bond acceptors (Lipinski definition) is 4. The average molecular weight is 491 g/mol. The molecule has 0 aromatic carbocycles. The van der Waals surface area contributed by atoms with Gasteiger partial charge in [0.05, 0.1) is 17.6 Å². The van der Waals surface area contributed by atoms with Crippen molar-refractivity contribution in [1.82, 2.24) is 0 Å². The molecule has 5 aliphatic rings. The van der Waals surface area contributed by atoms with Crippen molar-refractivity contribution >= 4 is 5.97 Å². The van der Waals surface area contributed by atoms with E-state index in [4.69, 9.17) is 0 Å². The smallest absolute Gasteiger partial charge is 0.309 e. The van der Waals surface area contributed by atoms with Crippen molar-refractivity contribution in [2.45, 2.75) is 112 Å². The summed E-state index contributed by atoms with van der Waals surface area (Å²) in [7, 11) is 0. The quantitative estimate of drug-likeness (QED) is 0.431. The summed E-state index contributed by atoms with van der Waals surface area (Å²) < 4.78 is 0. The van der Waals surface area contributed by atoms with Crippen LogP contribution in [0.25, 0.3) is 0 Å². The van der Waals surface area contributed by atoms with Crippen LogP contribution in [0.3, 0.4) is 0 Å². The highest BCUT2D eigenvalue weighted by Crippen LogP contribution is 2.77. The molecule has 200 valence electrons. The van der Waals surface area contributed by atoms with E-state index in [2.05, 4.69) is 41.5 Å². The van der Waals surface area contributed by atoms with Gasteiger partial charge in [-0.2, -0.15) is 0 Å². The predicted octanol–water partition coefficient (Wildman–Crippen LogP) is 5.11. The SMILES string of the molecule is C[C@@H]1[C@H]2[C@H]3CC[C@@H]4[C@@]5(C)C[C@@H](O)[C@H](O)C(C)(C)[C@@H]5CC[C@@]4(C)[C@]3(CO)CC[C@@]2(C(=O)O)CC[C@H]1C. The second-order valence-electron chi connectivity index (χ2n) is 15.0. The average Bonchev–Trinajstić information content (AvgIpc) is 2.79. The number of aliphatic carboxylic acids is 1. The van der Waals surface area contributed by atoms with Crippen LogP contribution in [0.2, 0.25) is 0 Å². The van der Waals surface area contributed by atoms with E-state index in [1.54, 1.807) is 0 Å². The number of aliphatic hydroxyl groups is 3. The lowest BCUT2D eigenvalue weighted by Gasteiger charge is -2.74. The van der Waals surface area contributed by atoms with E-state index in [1.165, 1.54) is 0 Å². The highest BCUT2D eigenvalue weighted by atomic mass is 16.4. The number of fused-ring (bicyclic) bond motifs is 7. The van der Waals surface area contributed by atoms with Crippen LogP contribution in [-0.2, 0) is 4.79 Å². The lowest BCUT2D eigenvalue weighted by Crippen LogP contribution is -2.71. The van der Waals surface area contributed by atoms with E-state index in [-0.39, 0.29) is 40.1 Å². The van der Waals surface area contributed by atoms with Crippen LogP contribution in [0.5, 0.6) is 0 Å². The van der Waals surface area contributed by atoms with Crippen molar-refractivity contribution < 1.29 is 25.2 Å². The summed E-state index contributed by atoms with van der Waals surface area (Å²) in [4.78, 5) is 12.9. The minimum Gasteiger partial charge on any atom is -0.481 e. The van der Waals surface area contributed by atoms with Crippen molar-refractivity contribution in [3.63, 3.8) is 0 Å². The normalized spacial score (nSPS) is 57.3. The third-order valence-electron chi connectivity index (χ3n) is 13.9. The minimum atomic E-state index is -0.721. The van der Waals surface area contributed by atoms with Crippen molar-refractivity contribution in [3.05, 3.63) is 0 Å². The second kappa shape index (κ2) is 7.93. The molecule has 5 nitrogen and oxygen atoms in total. The zero-order chi connectivity index (χ0) is 25.8. The van der Waals surface area contributed by atoms with E-state index in [0.717, 1.165) is 44.9 Å². The molecule has 0 bridgehead atoms. The molecule has 12 atom stereocenters. The molecule has 0 radical (unpaired) electrons. The molecule has 0 saturated heterocycles. The van der Waals surface area contributed by atoms with E-state index >= 15 is 0 Å². The molecule has 5 aliphatic carbocycles. The highest BCUT2D eigenvalue weighted by Gasteiger charge is 2.73. The summed E-state index contributed by atoms with van der Waals surface area (Å²) in [6.45, 7) is 13.7. The largest absolute Gasteiger partial charge is 0.481 e. The first-order valence-electron chi connectivity index (χ1n) is 14.4. The minimum absolute atomic E-state index is 0.0981. The summed E-state index contributed by atoms with van der Waals surface area (Å²) in [6.07, 6.45) is 6.42. The third kappa shape index (κ3) is 3.01. The van der Waals surface area contributed by atoms with Crippen molar-refractivity contribution in [2.75, 3.05) is 6.61 Å². The van der Waals surface area contributed by atoms with Gasteiger partial charge in [-0.05, 0) is 110 Å². The molecule has 5 rings (SSSR count). The molecule has 5 fully saturated rings. The number of carbonyl (C=O) groups is 1. The fourth-order valence-electron chi connectivity index (χ4n) is 12.0. The van der Waals surface area contributed by atoms with Gasteiger partial charge in [-0.3, -0.25) is 4.79 Å². The fraction of sp³-hybridized carbons (Fsp3) is 0.967. The molecule has 0 heterocycles. The molecule has 5 heteroatoms. The number of carboxylic acid groups (broad SMARTS) is 1. The van der Waals surface area contributed by atoms with Gasteiger partial charge < -0.3 is 20.4 Å². The van der Waals surface area contributed by atoms with Crippen molar-refractivity contribution in [3.8, 4) is 0 Å².